The first kappa shape index (κ1) is 15.2. The van der Waals surface area contributed by atoms with Crippen molar-refractivity contribution in [1.29, 1.82) is 0 Å². The summed E-state index contributed by atoms with van der Waals surface area (Å²) in [6, 6.07) is 1.78. The number of aromatic nitrogens is 2. The van der Waals surface area contributed by atoms with E-state index < -0.39 is 0 Å². The molecule has 0 radical (unpaired) electrons. The van der Waals surface area contributed by atoms with Gasteiger partial charge in [0.05, 0.1) is 11.7 Å². The second kappa shape index (κ2) is 7.02. The van der Waals surface area contributed by atoms with Crippen LogP contribution in [0.25, 0.3) is 10.2 Å². The average Bonchev–Trinajstić information content (AvgIpc) is 3.03. The molecule has 1 saturated heterocycles. The Bertz CT molecular complexity index is 703. The number of rotatable bonds is 5. The Morgan fingerprint density at radius 2 is 2.45 bits per heavy atom. The Morgan fingerprint density at radius 1 is 1.55 bits per heavy atom. The zero-order valence-corrected chi connectivity index (χ0v) is 13.2. The molecule has 22 heavy (non-hydrogen) atoms. The van der Waals surface area contributed by atoms with Crippen molar-refractivity contribution < 1.29 is 4.79 Å². The van der Waals surface area contributed by atoms with E-state index in [2.05, 4.69) is 15.6 Å². The van der Waals surface area contributed by atoms with Crippen molar-refractivity contribution in [2.24, 2.45) is 5.92 Å². The first-order chi connectivity index (χ1) is 10.7. The van der Waals surface area contributed by atoms with Crippen molar-refractivity contribution in [2.45, 2.75) is 25.8 Å². The van der Waals surface area contributed by atoms with Crippen molar-refractivity contribution in [3.8, 4) is 0 Å². The van der Waals surface area contributed by atoms with Crippen LogP contribution in [0.1, 0.15) is 19.3 Å². The fourth-order valence-electron chi connectivity index (χ4n) is 2.72. The number of carbonyl (C=O) groups excluding carboxylic acids is 1. The molecule has 1 atom stereocenters. The van der Waals surface area contributed by atoms with Gasteiger partial charge >= 0.3 is 0 Å². The molecule has 3 rings (SSSR count). The van der Waals surface area contributed by atoms with E-state index in [4.69, 9.17) is 0 Å². The molecule has 0 spiro atoms. The van der Waals surface area contributed by atoms with Crippen LogP contribution in [0.3, 0.4) is 0 Å². The molecule has 2 N–H and O–H groups in total. The number of nitrogens with zero attached hydrogens (tertiary/aromatic N) is 2. The van der Waals surface area contributed by atoms with E-state index in [1.807, 2.05) is 5.38 Å². The molecule has 0 bridgehead atoms. The number of fused-ring (bicyclic) bond motifs is 1. The van der Waals surface area contributed by atoms with Crippen molar-refractivity contribution in [3.63, 3.8) is 0 Å². The predicted octanol–water partition coefficient (Wildman–Crippen LogP) is 0.964. The lowest BCUT2D eigenvalue weighted by Crippen LogP contribution is -2.38. The number of thiophene rings is 1. The summed E-state index contributed by atoms with van der Waals surface area (Å²) in [5, 5.41) is 8.78. The fraction of sp³-hybridized carbons (Fsp3) is 0.533. The minimum Gasteiger partial charge on any atom is -0.356 e. The van der Waals surface area contributed by atoms with Crippen molar-refractivity contribution >= 4 is 27.5 Å². The third-order valence-electron chi connectivity index (χ3n) is 4.02. The highest BCUT2D eigenvalue weighted by molar-refractivity contribution is 7.16. The molecule has 1 unspecified atom stereocenters. The Hall–Kier alpha value is -1.73. The number of carbonyl (C=O) groups is 1. The SMILES string of the molecule is O=C(CCn1cnc2sccc2c1=O)NCC1CCCNC1. The van der Waals surface area contributed by atoms with Gasteiger partial charge in [0.25, 0.3) is 5.56 Å². The minimum absolute atomic E-state index is 0.0112. The number of hydrogen-bond donors (Lipinski definition) is 2. The van der Waals surface area contributed by atoms with Crippen LogP contribution < -0.4 is 16.2 Å². The Labute approximate surface area is 132 Å². The third kappa shape index (κ3) is 3.53. The molecule has 2 aromatic heterocycles. The molecule has 0 aliphatic carbocycles. The van der Waals surface area contributed by atoms with Crippen LogP contribution in [-0.2, 0) is 11.3 Å². The van der Waals surface area contributed by atoms with Crippen LogP contribution in [0.2, 0.25) is 0 Å². The molecule has 1 fully saturated rings. The van der Waals surface area contributed by atoms with Gasteiger partial charge in [0.1, 0.15) is 4.83 Å². The van der Waals surface area contributed by atoms with Crippen LogP contribution in [0.4, 0.5) is 0 Å². The quantitative estimate of drug-likeness (QED) is 0.860. The summed E-state index contributed by atoms with van der Waals surface area (Å²) in [7, 11) is 0. The van der Waals surface area contributed by atoms with Gasteiger partial charge in [0.2, 0.25) is 5.91 Å². The van der Waals surface area contributed by atoms with Crippen LogP contribution >= 0.6 is 11.3 Å². The largest absolute Gasteiger partial charge is 0.356 e. The number of amides is 1. The maximum atomic E-state index is 12.2. The molecular formula is C15H20N4O2S. The highest BCUT2D eigenvalue weighted by atomic mass is 32.1. The highest BCUT2D eigenvalue weighted by Crippen LogP contribution is 2.13. The zero-order chi connectivity index (χ0) is 15.4. The van der Waals surface area contributed by atoms with Gasteiger partial charge in [-0.15, -0.1) is 11.3 Å². The normalized spacial score (nSPS) is 18.5. The lowest BCUT2D eigenvalue weighted by molar-refractivity contribution is -0.121. The molecule has 1 amide bonds. The minimum atomic E-state index is -0.0736. The summed E-state index contributed by atoms with van der Waals surface area (Å²) in [6.45, 7) is 3.12. The first-order valence-corrected chi connectivity index (χ1v) is 8.52. The topological polar surface area (TPSA) is 76.0 Å². The molecule has 3 heterocycles. The third-order valence-corrected chi connectivity index (χ3v) is 4.84. The molecule has 1 aliphatic heterocycles. The van der Waals surface area contributed by atoms with Gasteiger partial charge in [-0.3, -0.25) is 14.2 Å². The van der Waals surface area contributed by atoms with Crippen molar-refractivity contribution in [1.82, 2.24) is 20.2 Å². The van der Waals surface area contributed by atoms with Gasteiger partial charge in [-0.05, 0) is 43.3 Å². The van der Waals surface area contributed by atoms with Gasteiger partial charge < -0.3 is 10.6 Å². The van der Waals surface area contributed by atoms with Crippen LogP contribution in [0, 0.1) is 5.92 Å². The van der Waals surface area contributed by atoms with Crippen molar-refractivity contribution in [3.05, 3.63) is 28.1 Å². The number of hydrogen-bond acceptors (Lipinski definition) is 5. The summed E-state index contributed by atoms with van der Waals surface area (Å²) < 4.78 is 1.51. The van der Waals surface area contributed by atoms with E-state index in [0.29, 0.717) is 30.8 Å². The van der Waals surface area contributed by atoms with Gasteiger partial charge in [-0.2, -0.15) is 0 Å². The molecule has 2 aromatic rings. The maximum absolute atomic E-state index is 12.2. The molecule has 7 heteroatoms. The second-order valence-corrected chi connectivity index (χ2v) is 6.54. The lowest BCUT2D eigenvalue weighted by Gasteiger charge is -2.22. The molecular weight excluding hydrogens is 300 g/mol. The second-order valence-electron chi connectivity index (χ2n) is 5.65. The summed E-state index contributed by atoms with van der Waals surface area (Å²) in [4.78, 5) is 29.1. The van der Waals surface area contributed by atoms with E-state index in [1.165, 1.54) is 28.7 Å². The van der Waals surface area contributed by atoms with Crippen LogP contribution in [-0.4, -0.2) is 35.1 Å². The Morgan fingerprint density at radius 3 is 3.27 bits per heavy atom. The molecule has 118 valence electrons. The van der Waals surface area contributed by atoms with Crippen LogP contribution in [0.15, 0.2) is 22.6 Å². The number of nitrogens with one attached hydrogen (secondary N) is 2. The number of piperidine rings is 1. The van der Waals surface area contributed by atoms with Gasteiger partial charge in [0, 0.05) is 19.5 Å². The smallest absolute Gasteiger partial charge is 0.262 e. The zero-order valence-electron chi connectivity index (χ0n) is 12.4. The Balaban J connectivity index is 1.51. The summed E-state index contributed by atoms with van der Waals surface area (Å²) in [5.74, 6) is 0.507. The maximum Gasteiger partial charge on any atom is 0.262 e. The summed E-state index contributed by atoms with van der Waals surface area (Å²) >= 11 is 1.45. The first-order valence-electron chi connectivity index (χ1n) is 7.64. The van der Waals surface area contributed by atoms with Gasteiger partial charge in [0.15, 0.2) is 0 Å². The molecule has 0 aromatic carbocycles. The lowest BCUT2D eigenvalue weighted by atomic mass is 10.00. The summed E-state index contributed by atoms with van der Waals surface area (Å²) in [5.41, 5.74) is -0.0736. The number of aryl methyl sites for hydroxylation is 1. The molecule has 1 aliphatic rings. The van der Waals surface area contributed by atoms with E-state index in [-0.39, 0.29) is 11.5 Å². The predicted molar refractivity (Wildman–Crippen MR) is 87.1 cm³/mol. The van der Waals surface area contributed by atoms with E-state index >= 15 is 0 Å². The monoisotopic (exact) mass is 320 g/mol. The van der Waals surface area contributed by atoms with Gasteiger partial charge in [-0.1, -0.05) is 0 Å². The van der Waals surface area contributed by atoms with Crippen molar-refractivity contribution in [2.75, 3.05) is 19.6 Å². The standard InChI is InChI=1S/C15H20N4O2S/c20-13(17-9-11-2-1-5-16-8-11)3-6-19-10-18-14-12(15(19)21)4-7-22-14/h4,7,10-11,16H,1-3,5-6,8-9H2,(H,17,20). The van der Waals surface area contributed by atoms with E-state index in [9.17, 15) is 9.59 Å². The van der Waals surface area contributed by atoms with E-state index in [1.54, 1.807) is 6.07 Å². The Kier molecular flexibility index (Phi) is 4.84. The fourth-order valence-corrected chi connectivity index (χ4v) is 3.44. The highest BCUT2D eigenvalue weighted by Gasteiger charge is 2.14. The van der Waals surface area contributed by atoms with Gasteiger partial charge in [-0.25, -0.2) is 4.98 Å². The summed E-state index contributed by atoms with van der Waals surface area (Å²) in [6.07, 6.45) is 4.16. The average molecular weight is 320 g/mol. The van der Waals surface area contributed by atoms with Crippen LogP contribution in [0.5, 0.6) is 0 Å². The molecule has 0 saturated carbocycles. The van der Waals surface area contributed by atoms with E-state index in [0.717, 1.165) is 24.3 Å². The molecule has 6 nitrogen and oxygen atoms in total.